The maximum atomic E-state index is 14.3. The molecule has 2 saturated heterocycles. The molecule has 7 nitrogen and oxygen atoms in total. The normalized spacial score (nSPS) is 53.8. The zero-order valence-corrected chi connectivity index (χ0v) is 18.0. The Morgan fingerprint density at radius 1 is 0.742 bits per heavy atom. The number of Topliss-reactive ketones (excluding diaryl/α,β-unsaturated/α-hetero) is 1. The summed E-state index contributed by atoms with van der Waals surface area (Å²) in [5.74, 6) is -0.862. The first-order valence-corrected chi connectivity index (χ1v) is 12.0. The molecule has 8 heteroatoms. The van der Waals surface area contributed by atoms with Gasteiger partial charge in [0.25, 0.3) is 0 Å². The molecule has 7 fully saturated rings. The van der Waals surface area contributed by atoms with E-state index in [1.54, 1.807) is 7.05 Å². The van der Waals surface area contributed by atoms with E-state index in [2.05, 4.69) is 0 Å². The van der Waals surface area contributed by atoms with Gasteiger partial charge < -0.3 is 4.81 Å². The van der Waals surface area contributed by atoms with Crippen molar-refractivity contribution < 1.29 is 24.0 Å². The zero-order valence-electron chi connectivity index (χ0n) is 18.0. The van der Waals surface area contributed by atoms with Crippen LogP contribution in [0.3, 0.4) is 0 Å². The SMILES string of the molecule is CBN1C(=O)C2C3C[C@H](C2C1=O)[C@@]1(CCC2(CC4C[C@@H]2C2C(=O)N(C)C(=O)C42)C1=O)C3. The summed E-state index contributed by atoms with van der Waals surface area (Å²) < 4.78 is 0. The molecule has 162 valence electrons. The van der Waals surface area contributed by atoms with E-state index >= 15 is 0 Å². The zero-order chi connectivity index (χ0) is 21.6. The van der Waals surface area contributed by atoms with Gasteiger partial charge in [-0.3, -0.25) is 28.9 Å². The van der Waals surface area contributed by atoms with E-state index in [1.165, 1.54) is 9.71 Å². The molecule has 4 amide bonds. The van der Waals surface area contributed by atoms with Gasteiger partial charge in [0.2, 0.25) is 31.0 Å². The lowest BCUT2D eigenvalue weighted by Crippen LogP contribution is -2.48. The van der Waals surface area contributed by atoms with E-state index < -0.39 is 10.8 Å². The maximum absolute atomic E-state index is 14.3. The molecule has 31 heavy (non-hydrogen) atoms. The smallest absolute Gasteiger partial charge is 0.246 e. The first-order chi connectivity index (χ1) is 14.8. The molecule has 10 atom stereocenters. The Balaban J connectivity index is 1.24. The van der Waals surface area contributed by atoms with Gasteiger partial charge in [0, 0.05) is 17.9 Å². The molecule has 7 unspecified atom stereocenters. The minimum absolute atomic E-state index is 0.0270. The third-order valence-corrected chi connectivity index (χ3v) is 11.0. The highest BCUT2D eigenvalue weighted by molar-refractivity contribution is 6.43. The van der Waals surface area contributed by atoms with Gasteiger partial charge in [-0.25, -0.2) is 0 Å². The number of hydrogen-bond acceptors (Lipinski definition) is 5. The van der Waals surface area contributed by atoms with E-state index in [4.69, 9.17) is 0 Å². The number of rotatable bonds is 1. The largest absolute Gasteiger partial charge is 0.333 e. The van der Waals surface area contributed by atoms with Crippen molar-refractivity contribution in [1.82, 2.24) is 9.71 Å². The predicted molar refractivity (Wildman–Crippen MR) is 108 cm³/mol. The Bertz CT molecular complexity index is 1010. The monoisotopic (exact) mass is 422 g/mol. The van der Waals surface area contributed by atoms with Gasteiger partial charge in [-0.2, -0.15) is 0 Å². The van der Waals surface area contributed by atoms with Crippen LogP contribution in [0.15, 0.2) is 0 Å². The van der Waals surface area contributed by atoms with Gasteiger partial charge in [0.1, 0.15) is 5.78 Å². The first kappa shape index (κ1) is 18.6. The highest BCUT2D eigenvalue weighted by atomic mass is 16.2. The van der Waals surface area contributed by atoms with Crippen molar-refractivity contribution in [3.8, 4) is 0 Å². The average Bonchev–Trinajstić information content (AvgIpc) is 3.58. The van der Waals surface area contributed by atoms with Crippen molar-refractivity contribution in [2.24, 2.45) is 58.2 Å². The van der Waals surface area contributed by atoms with Crippen LogP contribution in [0.5, 0.6) is 0 Å². The van der Waals surface area contributed by atoms with Crippen LogP contribution in [0.2, 0.25) is 6.82 Å². The third-order valence-electron chi connectivity index (χ3n) is 11.0. The third kappa shape index (κ3) is 1.72. The van der Waals surface area contributed by atoms with Crippen LogP contribution in [-0.2, 0) is 24.0 Å². The van der Waals surface area contributed by atoms with E-state index in [-0.39, 0.29) is 76.8 Å². The number of hydrogen-bond donors (Lipinski definition) is 0. The lowest BCUT2D eigenvalue weighted by Gasteiger charge is -2.42. The molecule has 0 N–H and O–H groups in total. The number of carbonyl (C=O) groups is 5. The molecule has 5 saturated carbocycles. The minimum atomic E-state index is -0.497. The number of ketones is 1. The van der Waals surface area contributed by atoms with Gasteiger partial charge in [0.05, 0.1) is 23.7 Å². The summed E-state index contributed by atoms with van der Waals surface area (Å²) in [7, 11) is 1.98. The molecule has 7 aliphatic rings. The molecule has 2 aliphatic heterocycles. The number of imide groups is 2. The number of amides is 4. The van der Waals surface area contributed by atoms with Crippen molar-refractivity contribution in [3.63, 3.8) is 0 Å². The molecule has 2 heterocycles. The van der Waals surface area contributed by atoms with E-state index in [0.717, 1.165) is 38.5 Å². The molecular formula is C23H27BN2O5. The fraction of sp³-hybridized carbons (Fsp3) is 0.783. The lowest BCUT2D eigenvalue weighted by molar-refractivity contribution is -0.145. The van der Waals surface area contributed by atoms with Crippen molar-refractivity contribution >= 4 is 36.8 Å². The molecular weight excluding hydrogens is 395 g/mol. The van der Waals surface area contributed by atoms with Crippen molar-refractivity contribution in [2.45, 2.75) is 45.3 Å². The van der Waals surface area contributed by atoms with E-state index in [9.17, 15) is 24.0 Å². The summed E-state index contributed by atoms with van der Waals surface area (Å²) in [5, 5.41) is 0. The Hall–Kier alpha value is -1.99. The molecule has 5 aliphatic carbocycles. The van der Waals surface area contributed by atoms with Crippen LogP contribution in [0, 0.1) is 58.2 Å². The first-order valence-electron chi connectivity index (χ1n) is 12.0. The van der Waals surface area contributed by atoms with Gasteiger partial charge in [-0.1, -0.05) is 6.82 Å². The van der Waals surface area contributed by atoms with E-state index in [1.807, 2.05) is 6.82 Å². The average molecular weight is 422 g/mol. The maximum Gasteiger partial charge on any atom is 0.246 e. The molecule has 0 aromatic carbocycles. The second-order valence-corrected chi connectivity index (χ2v) is 11.5. The fourth-order valence-electron chi connectivity index (χ4n) is 10.1. The van der Waals surface area contributed by atoms with Crippen LogP contribution in [0.25, 0.3) is 0 Å². The number of carbonyl (C=O) groups excluding carboxylic acids is 5. The molecule has 0 aromatic rings. The molecule has 7 rings (SSSR count). The van der Waals surface area contributed by atoms with Crippen molar-refractivity contribution in [2.75, 3.05) is 7.05 Å². The van der Waals surface area contributed by atoms with Gasteiger partial charge >= 0.3 is 0 Å². The molecule has 4 bridgehead atoms. The second kappa shape index (κ2) is 5.32. The standard InChI is InChI=1S/C23H27BN2O5/c1-24-26-19(29)14-10-6-12(16(14)20(26)30)23(8-10)4-3-22(21(23)31)7-9-5-11(22)15-13(9)17(27)25(2)18(15)28/h9-16,24H,3-8H2,1-2H3/t9?,10?,11-,12-,13?,14?,15?,16?,22?,23-/m1/s1. The van der Waals surface area contributed by atoms with Crippen LogP contribution in [-0.4, -0.2) is 53.6 Å². The van der Waals surface area contributed by atoms with Gasteiger partial charge in [-0.15, -0.1) is 0 Å². The van der Waals surface area contributed by atoms with Crippen molar-refractivity contribution in [3.05, 3.63) is 0 Å². The summed E-state index contributed by atoms with van der Waals surface area (Å²) in [6.45, 7) is 1.84. The van der Waals surface area contributed by atoms with Crippen molar-refractivity contribution in [1.29, 1.82) is 0 Å². The molecule has 0 aromatic heterocycles. The van der Waals surface area contributed by atoms with Crippen LogP contribution >= 0.6 is 0 Å². The van der Waals surface area contributed by atoms with Crippen LogP contribution < -0.4 is 0 Å². The van der Waals surface area contributed by atoms with Gasteiger partial charge in [0.15, 0.2) is 0 Å². The summed E-state index contributed by atoms with van der Waals surface area (Å²) >= 11 is 0. The minimum Gasteiger partial charge on any atom is -0.333 e. The summed E-state index contributed by atoms with van der Waals surface area (Å²) in [6.07, 6.45) is 4.64. The Labute approximate surface area is 181 Å². The number of fused-ring (bicyclic) bond motifs is 12. The topological polar surface area (TPSA) is 91.8 Å². The van der Waals surface area contributed by atoms with Gasteiger partial charge in [-0.05, 0) is 62.2 Å². The number of nitrogens with zero attached hydrogens (tertiary/aromatic N) is 2. The highest BCUT2D eigenvalue weighted by Gasteiger charge is 2.78. The Morgan fingerprint density at radius 3 is 1.74 bits per heavy atom. The number of likely N-dealkylation sites (tertiary alicyclic amines) is 1. The van der Waals surface area contributed by atoms with Crippen LogP contribution in [0.4, 0.5) is 0 Å². The second-order valence-electron chi connectivity index (χ2n) is 11.5. The molecule has 2 spiro atoms. The Kier molecular flexibility index (Phi) is 3.19. The highest BCUT2D eigenvalue weighted by Crippen LogP contribution is 2.75. The lowest BCUT2D eigenvalue weighted by atomic mass is 9.58. The van der Waals surface area contributed by atoms with Crippen LogP contribution in [0.1, 0.15) is 38.5 Å². The molecule has 0 radical (unpaired) electrons. The predicted octanol–water partition coefficient (Wildman–Crippen LogP) is 0.634. The fourth-order valence-corrected chi connectivity index (χ4v) is 10.1. The summed E-state index contributed by atoms with van der Waals surface area (Å²) in [5.41, 5.74) is -0.994. The summed E-state index contributed by atoms with van der Waals surface area (Å²) in [4.78, 5) is 68.4. The Morgan fingerprint density at radius 2 is 1.19 bits per heavy atom. The quantitative estimate of drug-likeness (QED) is 0.457. The summed E-state index contributed by atoms with van der Waals surface area (Å²) in [6, 6.07) is 0. The van der Waals surface area contributed by atoms with E-state index in [0.29, 0.717) is 7.41 Å².